The number of ether oxygens (including phenoxy) is 1. The quantitative estimate of drug-likeness (QED) is 0.813. The Morgan fingerprint density at radius 3 is 2.85 bits per heavy atom. The number of halogens is 1. The van der Waals surface area contributed by atoms with Gasteiger partial charge in [0.2, 0.25) is 0 Å². The Morgan fingerprint density at radius 1 is 1.38 bits per heavy atom. The average molecular weight is 240 g/mol. The normalized spacial score (nSPS) is 10.7. The van der Waals surface area contributed by atoms with Crippen LogP contribution in [0, 0.1) is 6.92 Å². The predicted molar refractivity (Wildman–Crippen MR) is 57.3 cm³/mol. The Morgan fingerprint density at radius 2 is 2.15 bits per heavy atom. The summed E-state index contributed by atoms with van der Waals surface area (Å²) in [6.07, 6.45) is 1.98. The molecule has 0 aliphatic rings. The second-order valence-electron chi connectivity index (χ2n) is 2.97. The fourth-order valence-electron chi connectivity index (χ4n) is 1.51. The molecule has 0 saturated heterocycles. The highest BCUT2D eigenvalue weighted by atomic mass is 79.9. The Hall–Kier alpha value is -0.960. The third kappa shape index (κ3) is 1.23. The standard InChI is InChI=1S/C10H10BrNO/c1-6-5-12-10-7(11)3-4-8(13-2)9(6)10/h3-5,12H,1-2H3. The van der Waals surface area contributed by atoms with Crippen LogP contribution in [0.4, 0.5) is 0 Å². The van der Waals surface area contributed by atoms with Gasteiger partial charge < -0.3 is 9.72 Å². The van der Waals surface area contributed by atoms with Crippen LogP contribution in [-0.2, 0) is 0 Å². The van der Waals surface area contributed by atoms with Gasteiger partial charge in [0.25, 0.3) is 0 Å². The van der Waals surface area contributed by atoms with Crippen molar-refractivity contribution in [3.05, 3.63) is 28.4 Å². The molecule has 0 saturated carbocycles. The maximum Gasteiger partial charge on any atom is 0.128 e. The summed E-state index contributed by atoms with van der Waals surface area (Å²) in [5.41, 5.74) is 2.30. The van der Waals surface area contributed by atoms with Crippen molar-refractivity contribution in [2.45, 2.75) is 6.92 Å². The van der Waals surface area contributed by atoms with Crippen LogP contribution in [0.25, 0.3) is 10.9 Å². The number of hydrogen-bond donors (Lipinski definition) is 1. The van der Waals surface area contributed by atoms with Crippen LogP contribution in [0.15, 0.2) is 22.8 Å². The summed E-state index contributed by atoms with van der Waals surface area (Å²) in [5, 5.41) is 1.15. The lowest BCUT2D eigenvalue weighted by molar-refractivity contribution is 0.419. The van der Waals surface area contributed by atoms with Crippen molar-refractivity contribution in [2.75, 3.05) is 7.11 Å². The lowest BCUT2D eigenvalue weighted by Gasteiger charge is -2.03. The number of H-pyrrole nitrogens is 1. The van der Waals surface area contributed by atoms with Gasteiger partial charge in [-0.1, -0.05) is 0 Å². The lowest BCUT2D eigenvalue weighted by atomic mass is 10.2. The average Bonchev–Trinajstić information content (AvgIpc) is 2.51. The minimum Gasteiger partial charge on any atom is -0.496 e. The molecule has 0 radical (unpaired) electrons. The highest BCUT2D eigenvalue weighted by Gasteiger charge is 2.08. The molecule has 3 heteroatoms. The van der Waals surface area contributed by atoms with E-state index in [1.807, 2.05) is 18.3 Å². The van der Waals surface area contributed by atoms with Gasteiger partial charge in [-0.3, -0.25) is 0 Å². The maximum atomic E-state index is 5.28. The number of methoxy groups -OCH3 is 1. The SMILES string of the molecule is COc1ccc(Br)c2[nH]cc(C)c12. The summed E-state index contributed by atoms with van der Waals surface area (Å²) >= 11 is 3.49. The van der Waals surface area contributed by atoms with Crippen molar-refractivity contribution in [3.63, 3.8) is 0 Å². The molecule has 1 N–H and O–H groups in total. The van der Waals surface area contributed by atoms with E-state index < -0.39 is 0 Å². The Bertz CT molecular complexity index is 447. The molecule has 2 rings (SSSR count). The first-order valence-electron chi connectivity index (χ1n) is 4.04. The highest BCUT2D eigenvalue weighted by Crippen LogP contribution is 2.32. The van der Waals surface area contributed by atoms with E-state index in [9.17, 15) is 0 Å². The van der Waals surface area contributed by atoms with E-state index in [1.54, 1.807) is 7.11 Å². The first-order valence-corrected chi connectivity index (χ1v) is 4.83. The monoisotopic (exact) mass is 239 g/mol. The summed E-state index contributed by atoms with van der Waals surface area (Å²) in [6, 6.07) is 3.95. The van der Waals surface area contributed by atoms with Crippen molar-refractivity contribution in [2.24, 2.45) is 0 Å². The summed E-state index contributed by atoms with van der Waals surface area (Å²) < 4.78 is 6.35. The van der Waals surface area contributed by atoms with E-state index in [4.69, 9.17) is 4.74 Å². The minimum atomic E-state index is 0.914. The number of aryl methyl sites for hydroxylation is 1. The second-order valence-corrected chi connectivity index (χ2v) is 3.83. The number of aromatic nitrogens is 1. The van der Waals surface area contributed by atoms with Gasteiger partial charge in [-0.15, -0.1) is 0 Å². The molecule has 1 aromatic heterocycles. The fraction of sp³-hybridized carbons (Fsp3) is 0.200. The molecule has 0 amide bonds. The number of hydrogen-bond acceptors (Lipinski definition) is 1. The Balaban J connectivity index is 2.88. The van der Waals surface area contributed by atoms with E-state index in [0.717, 1.165) is 21.1 Å². The van der Waals surface area contributed by atoms with Gasteiger partial charge in [0, 0.05) is 16.1 Å². The van der Waals surface area contributed by atoms with Gasteiger partial charge in [0.15, 0.2) is 0 Å². The van der Waals surface area contributed by atoms with Gasteiger partial charge in [0.05, 0.1) is 12.6 Å². The van der Waals surface area contributed by atoms with Gasteiger partial charge in [-0.2, -0.15) is 0 Å². The molecule has 1 heterocycles. The summed E-state index contributed by atoms with van der Waals surface area (Å²) in [7, 11) is 1.69. The molecule has 0 spiro atoms. The van der Waals surface area contributed by atoms with E-state index in [1.165, 1.54) is 5.56 Å². The van der Waals surface area contributed by atoms with Crippen molar-refractivity contribution in [1.82, 2.24) is 4.98 Å². The molecule has 0 atom stereocenters. The summed E-state index contributed by atoms with van der Waals surface area (Å²) in [4.78, 5) is 3.20. The van der Waals surface area contributed by atoms with Gasteiger partial charge >= 0.3 is 0 Å². The topological polar surface area (TPSA) is 25.0 Å². The molecule has 2 aromatic rings. The molecule has 68 valence electrons. The molecule has 13 heavy (non-hydrogen) atoms. The number of rotatable bonds is 1. The molecule has 1 aromatic carbocycles. The summed E-state index contributed by atoms with van der Waals surface area (Å²) in [6.45, 7) is 2.06. The smallest absolute Gasteiger partial charge is 0.128 e. The molecular formula is C10H10BrNO. The van der Waals surface area contributed by atoms with Crippen LogP contribution in [0.5, 0.6) is 5.75 Å². The third-order valence-electron chi connectivity index (χ3n) is 2.16. The zero-order valence-corrected chi connectivity index (χ0v) is 9.10. The van der Waals surface area contributed by atoms with Gasteiger partial charge in [-0.05, 0) is 40.5 Å². The van der Waals surface area contributed by atoms with Crippen LogP contribution < -0.4 is 4.74 Å². The Kier molecular flexibility index (Phi) is 2.04. The number of aromatic amines is 1. The Labute approximate surface area is 85.0 Å². The van der Waals surface area contributed by atoms with Gasteiger partial charge in [-0.25, -0.2) is 0 Å². The fourth-order valence-corrected chi connectivity index (χ4v) is 1.96. The van der Waals surface area contributed by atoms with Crippen LogP contribution in [0.3, 0.4) is 0 Å². The number of benzene rings is 1. The molecule has 0 unspecified atom stereocenters. The van der Waals surface area contributed by atoms with Crippen LogP contribution >= 0.6 is 15.9 Å². The van der Waals surface area contributed by atoms with E-state index in [0.29, 0.717) is 0 Å². The molecule has 0 bridgehead atoms. The molecule has 0 aliphatic heterocycles. The minimum absolute atomic E-state index is 0.914. The first kappa shape index (κ1) is 8.63. The molecular weight excluding hydrogens is 230 g/mol. The lowest BCUT2D eigenvalue weighted by Crippen LogP contribution is -1.84. The zero-order valence-electron chi connectivity index (χ0n) is 7.52. The number of fused-ring (bicyclic) bond motifs is 1. The molecule has 2 nitrogen and oxygen atoms in total. The summed E-state index contributed by atoms with van der Waals surface area (Å²) in [5.74, 6) is 0.914. The molecule has 0 aliphatic carbocycles. The largest absolute Gasteiger partial charge is 0.496 e. The van der Waals surface area contributed by atoms with Crippen molar-refractivity contribution >= 4 is 26.8 Å². The van der Waals surface area contributed by atoms with Crippen LogP contribution in [0.1, 0.15) is 5.56 Å². The second kappa shape index (κ2) is 3.07. The number of nitrogens with one attached hydrogen (secondary N) is 1. The third-order valence-corrected chi connectivity index (χ3v) is 2.82. The van der Waals surface area contributed by atoms with Gasteiger partial charge in [0.1, 0.15) is 5.75 Å². The predicted octanol–water partition coefficient (Wildman–Crippen LogP) is 3.25. The van der Waals surface area contributed by atoms with Crippen LogP contribution in [0.2, 0.25) is 0 Å². The van der Waals surface area contributed by atoms with E-state index in [-0.39, 0.29) is 0 Å². The van der Waals surface area contributed by atoms with Crippen molar-refractivity contribution < 1.29 is 4.74 Å². The van der Waals surface area contributed by atoms with Crippen LogP contribution in [-0.4, -0.2) is 12.1 Å². The molecule has 0 fully saturated rings. The highest BCUT2D eigenvalue weighted by molar-refractivity contribution is 9.10. The zero-order chi connectivity index (χ0) is 9.42. The first-order chi connectivity index (χ1) is 6.24. The van der Waals surface area contributed by atoms with Crippen molar-refractivity contribution in [1.29, 1.82) is 0 Å². The van der Waals surface area contributed by atoms with Crippen molar-refractivity contribution in [3.8, 4) is 5.75 Å². The van der Waals surface area contributed by atoms with E-state index in [2.05, 4.69) is 27.8 Å². The van der Waals surface area contributed by atoms with E-state index >= 15 is 0 Å². The maximum absolute atomic E-state index is 5.28.